The molecular formula is C22H22N2O3. The van der Waals surface area contributed by atoms with Crippen LogP contribution >= 0.6 is 0 Å². The first-order valence-electron chi connectivity index (χ1n) is 8.90. The Labute approximate surface area is 158 Å². The highest BCUT2D eigenvalue weighted by Gasteiger charge is 2.22. The van der Waals surface area contributed by atoms with Gasteiger partial charge in [0.25, 0.3) is 6.47 Å². The van der Waals surface area contributed by atoms with E-state index in [1.165, 1.54) is 11.1 Å². The lowest BCUT2D eigenvalue weighted by atomic mass is 10.0. The smallest absolute Gasteiger partial charge is 0.290 e. The summed E-state index contributed by atoms with van der Waals surface area (Å²) in [4.78, 5) is 27.1. The van der Waals surface area contributed by atoms with Crippen LogP contribution in [-0.4, -0.2) is 29.0 Å². The number of carboxylic acid groups (broad SMARTS) is 1. The van der Waals surface area contributed by atoms with Gasteiger partial charge in [-0.25, -0.2) is 4.98 Å². The van der Waals surface area contributed by atoms with Crippen molar-refractivity contribution in [2.45, 2.75) is 26.7 Å². The van der Waals surface area contributed by atoms with Crippen molar-refractivity contribution in [2.24, 2.45) is 0 Å². The summed E-state index contributed by atoms with van der Waals surface area (Å²) in [5, 5.41) is 8.00. The third-order valence-corrected chi connectivity index (χ3v) is 4.70. The first-order valence-corrected chi connectivity index (χ1v) is 8.90. The van der Waals surface area contributed by atoms with Crippen LogP contribution in [0, 0.1) is 13.8 Å². The van der Waals surface area contributed by atoms with E-state index in [0.29, 0.717) is 6.42 Å². The summed E-state index contributed by atoms with van der Waals surface area (Å²) in [6.45, 7) is 4.77. The number of aromatic nitrogens is 1. The van der Waals surface area contributed by atoms with Crippen LogP contribution in [-0.2, 0) is 9.59 Å². The molecule has 2 heterocycles. The second-order valence-corrected chi connectivity index (χ2v) is 6.65. The summed E-state index contributed by atoms with van der Waals surface area (Å²) in [6, 6.07) is 16.7. The molecular weight excluding hydrogens is 340 g/mol. The summed E-state index contributed by atoms with van der Waals surface area (Å²) in [6.07, 6.45) is 1.60. The minimum absolute atomic E-state index is 0.219. The van der Waals surface area contributed by atoms with E-state index in [1.54, 1.807) is 0 Å². The molecule has 1 aromatic heterocycles. The zero-order chi connectivity index (χ0) is 19.4. The van der Waals surface area contributed by atoms with Gasteiger partial charge >= 0.3 is 0 Å². The minimum Gasteiger partial charge on any atom is -0.483 e. The number of amides is 1. The van der Waals surface area contributed by atoms with Crippen LogP contribution in [0.3, 0.4) is 0 Å². The molecule has 3 aromatic rings. The van der Waals surface area contributed by atoms with Crippen molar-refractivity contribution >= 4 is 29.0 Å². The number of benzene rings is 2. The van der Waals surface area contributed by atoms with Crippen LogP contribution in [0.15, 0.2) is 48.5 Å². The molecule has 0 unspecified atom stereocenters. The van der Waals surface area contributed by atoms with Crippen LogP contribution in [0.5, 0.6) is 0 Å². The molecule has 0 aliphatic carbocycles. The Balaban J connectivity index is 0.000000659. The van der Waals surface area contributed by atoms with Crippen molar-refractivity contribution in [3.63, 3.8) is 0 Å². The average Bonchev–Trinajstić information content (AvgIpc) is 3.08. The Kier molecular flexibility index (Phi) is 5.50. The van der Waals surface area contributed by atoms with E-state index in [4.69, 9.17) is 14.9 Å². The average molecular weight is 362 g/mol. The maximum atomic E-state index is 12.0. The molecule has 0 spiro atoms. The van der Waals surface area contributed by atoms with E-state index in [0.717, 1.165) is 40.8 Å². The molecule has 5 nitrogen and oxygen atoms in total. The summed E-state index contributed by atoms with van der Waals surface area (Å²) >= 11 is 0. The number of aryl methyl sites for hydroxylation is 2. The van der Waals surface area contributed by atoms with E-state index in [1.807, 2.05) is 17.0 Å². The largest absolute Gasteiger partial charge is 0.483 e. The van der Waals surface area contributed by atoms with E-state index in [9.17, 15) is 4.79 Å². The van der Waals surface area contributed by atoms with Crippen molar-refractivity contribution in [3.8, 4) is 11.3 Å². The van der Waals surface area contributed by atoms with Gasteiger partial charge < -0.3 is 10.0 Å². The molecule has 1 saturated heterocycles. The number of hydrogen-bond donors (Lipinski definition) is 1. The normalized spacial score (nSPS) is 13.4. The fourth-order valence-corrected chi connectivity index (χ4v) is 3.42. The topological polar surface area (TPSA) is 70.5 Å². The number of anilines is 1. The molecule has 1 amide bonds. The summed E-state index contributed by atoms with van der Waals surface area (Å²) in [5.74, 6) is 0.219. The fourth-order valence-electron chi connectivity index (χ4n) is 3.42. The standard InChI is InChI=1S/C21H20N2O.CH2O2/c1-14-5-3-6-16(11-14)20-12-15(2)18-13-17(8-9-19(18)22-20)23-10-4-7-21(23)24;2-1-3/h3,5-6,8-9,11-13H,4,7,10H2,1-2H3;1H,(H,2,3). The molecule has 1 aliphatic heterocycles. The molecule has 0 bridgehead atoms. The Hall–Kier alpha value is -3.21. The van der Waals surface area contributed by atoms with Gasteiger partial charge in [0, 0.05) is 29.6 Å². The number of carbonyl (C=O) groups excluding carboxylic acids is 1. The predicted octanol–water partition coefficient (Wildman–Crippen LogP) is 4.35. The summed E-state index contributed by atoms with van der Waals surface area (Å²) in [7, 11) is 0. The zero-order valence-electron chi connectivity index (χ0n) is 15.5. The van der Waals surface area contributed by atoms with Crippen molar-refractivity contribution in [2.75, 3.05) is 11.4 Å². The Bertz CT molecular complexity index is 998. The van der Waals surface area contributed by atoms with Crippen LogP contribution in [0.4, 0.5) is 5.69 Å². The van der Waals surface area contributed by atoms with Crippen LogP contribution in [0.1, 0.15) is 24.0 Å². The monoisotopic (exact) mass is 362 g/mol. The second kappa shape index (κ2) is 7.99. The number of hydrogen-bond acceptors (Lipinski definition) is 3. The molecule has 27 heavy (non-hydrogen) atoms. The molecule has 2 aromatic carbocycles. The van der Waals surface area contributed by atoms with Crippen molar-refractivity contribution in [3.05, 3.63) is 59.7 Å². The van der Waals surface area contributed by atoms with Gasteiger partial charge in [-0.1, -0.05) is 23.8 Å². The molecule has 1 aliphatic rings. The lowest BCUT2D eigenvalue weighted by molar-refractivity contribution is -0.123. The second-order valence-electron chi connectivity index (χ2n) is 6.65. The molecule has 1 fully saturated rings. The highest BCUT2D eigenvalue weighted by Crippen LogP contribution is 2.29. The molecule has 0 atom stereocenters. The Morgan fingerprint density at radius 1 is 1.11 bits per heavy atom. The number of pyridine rings is 1. The van der Waals surface area contributed by atoms with Crippen molar-refractivity contribution in [1.82, 2.24) is 4.98 Å². The van der Waals surface area contributed by atoms with Gasteiger partial charge in [-0.2, -0.15) is 0 Å². The van der Waals surface area contributed by atoms with Crippen LogP contribution < -0.4 is 4.90 Å². The number of carbonyl (C=O) groups is 2. The lowest BCUT2D eigenvalue weighted by Gasteiger charge is -2.17. The first-order chi connectivity index (χ1) is 13.0. The number of nitrogens with zero attached hydrogens (tertiary/aromatic N) is 2. The Morgan fingerprint density at radius 2 is 1.89 bits per heavy atom. The molecule has 138 valence electrons. The SMILES string of the molecule is Cc1cccc(-c2cc(C)c3cc(N4CCCC4=O)ccc3n2)c1.O=CO. The first kappa shape index (κ1) is 18.6. The predicted molar refractivity (Wildman–Crippen MR) is 107 cm³/mol. The fraction of sp³-hybridized carbons (Fsp3) is 0.227. The summed E-state index contributed by atoms with van der Waals surface area (Å²) in [5.41, 5.74) is 6.51. The van der Waals surface area contributed by atoms with Gasteiger partial charge in [0.2, 0.25) is 5.91 Å². The third-order valence-electron chi connectivity index (χ3n) is 4.70. The minimum atomic E-state index is -0.250. The van der Waals surface area contributed by atoms with Gasteiger partial charge in [0.1, 0.15) is 0 Å². The van der Waals surface area contributed by atoms with E-state index in [2.05, 4.69) is 50.2 Å². The third kappa shape index (κ3) is 3.97. The van der Waals surface area contributed by atoms with E-state index < -0.39 is 0 Å². The van der Waals surface area contributed by atoms with E-state index in [-0.39, 0.29) is 12.4 Å². The number of fused-ring (bicyclic) bond motifs is 1. The van der Waals surface area contributed by atoms with Crippen LogP contribution in [0.2, 0.25) is 0 Å². The molecule has 5 heteroatoms. The van der Waals surface area contributed by atoms with Crippen molar-refractivity contribution in [1.29, 1.82) is 0 Å². The molecule has 0 saturated carbocycles. The van der Waals surface area contributed by atoms with Crippen LogP contribution in [0.25, 0.3) is 22.2 Å². The van der Waals surface area contributed by atoms with E-state index >= 15 is 0 Å². The van der Waals surface area contributed by atoms with Gasteiger partial charge in [0.15, 0.2) is 0 Å². The molecule has 4 rings (SSSR count). The highest BCUT2D eigenvalue weighted by atomic mass is 16.3. The number of rotatable bonds is 2. The zero-order valence-corrected chi connectivity index (χ0v) is 15.5. The molecule has 0 radical (unpaired) electrons. The van der Waals surface area contributed by atoms with Gasteiger partial charge in [-0.15, -0.1) is 0 Å². The molecule has 1 N–H and O–H groups in total. The maximum absolute atomic E-state index is 12.0. The van der Waals surface area contributed by atoms with Gasteiger partial charge in [-0.05, 0) is 56.2 Å². The maximum Gasteiger partial charge on any atom is 0.290 e. The Morgan fingerprint density at radius 3 is 2.56 bits per heavy atom. The highest BCUT2D eigenvalue weighted by molar-refractivity contribution is 5.98. The van der Waals surface area contributed by atoms with Crippen molar-refractivity contribution < 1.29 is 14.7 Å². The van der Waals surface area contributed by atoms with Gasteiger partial charge in [0.05, 0.1) is 11.2 Å². The van der Waals surface area contributed by atoms with Gasteiger partial charge in [-0.3, -0.25) is 9.59 Å². The summed E-state index contributed by atoms with van der Waals surface area (Å²) < 4.78 is 0. The lowest BCUT2D eigenvalue weighted by Crippen LogP contribution is -2.23. The quantitative estimate of drug-likeness (QED) is 0.688.